The molecule has 0 aliphatic heterocycles. The molecule has 0 aliphatic rings. The number of amides is 1. The summed E-state index contributed by atoms with van der Waals surface area (Å²) in [5, 5.41) is 2.80. The first-order valence-electron chi connectivity index (χ1n) is 4.67. The molecule has 80 valence electrons. The second-order valence-corrected chi connectivity index (χ2v) is 3.87. The second-order valence-electron chi connectivity index (χ2n) is 3.09. The van der Waals surface area contributed by atoms with Gasteiger partial charge in [0.2, 0.25) is 0 Å². The van der Waals surface area contributed by atoms with E-state index in [0.29, 0.717) is 11.1 Å². The first-order valence-corrected chi connectivity index (χ1v) is 5.46. The quantitative estimate of drug-likeness (QED) is 0.854. The number of terminal acetylenes is 1. The average Bonchev–Trinajstić information content (AvgIpc) is 2.64. The van der Waals surface area contributed by atoms with Crippen LogP contribution in [0.5, 0.6) is 0 Å². The minimum Gasteiger partial charge on any atom is -0.444 e. The van der Waals surface area contributed by atoms with Gasteiger partial charge in [0, 0.05) is 12.5 Å². The number of carbonyl (C=O) groups excluding carboxylic acids is 1. The minimum absolute atomic E-state index is 0.00590. The van der Waals surface area contributed by atoms with Crippen LogP contribution >= 0.6 is 15.9 Å². The van der Waals surface area contributed by atoms with Gasteiger partial charge in [-0.3, -0.25) is 4.79 Å². The van der Waals surface area contributed by atoms with E-state index >= 15 is 0 Å². The van der Waals surface area contributed by atoms with Gasteiger partial charge in [0.25, 0.3) is 5.91 Å². The van der Waals surface area contributed by atoms with Gasteiger partial charge >= 0.3 is 0 Å². The zero-order valence-electron chi connectivity index (χ0n) is 8.42. The standard InChI is InChI=1S/C11H12BrNO2/c1-3-5-8(4-2)13-11(14)9-6-7-10(12)15-9/h1,6-8H,4-5H2,2H3,(H,13,14). The molecule has 1 N–H and O–H groups in total. The van der Waals surface area contributed by atoms with Crippen LogP contribution in [0.25, 0.3) is 0 Å². The summed E-state index contributed by atoms with van der Waals surface area (Å²) in [4.78, 5) is 11.6. The highest BCUT2D eigenvalue weighted by Crippen LogP contribution is 2.14. The highest BCUT2D eigenvalue weighted by molar-refractivity contribution is 9.10. The van der Waals surface area contributed by atoms with Crippen molar-refractivity contribution in [3.63, 3.8) is 0 Å². The molecule has 0 aliphatic carbocycles. The monoisotopic (exact) mass is 269 g/mol. The lowest BCUT2D eigenvalue weighted by Crippen LogP contribution is -2.33. The molecule has 1 aromatic heterocycles. The predicted molar refractivity (Wildman–Crippen MR) is 61.4 cm³/mol. The van der Waals surface area contributed by atoms with Crippen molar-refractivity contribution < 1.29 is 9.21 Å². The van der Waals surface area contributed by atoms with Gasteiger partial charge in [-0.05, 0) is 34.5 Å². The molecule has 1 aromatic rings. The Bertz CT molecular complexity index is 378. The van der Waals surface area contributed by atoms with Crippen molar-refractivity contribution in [1.82, 2.24) is 5.32 Å². The lowest BCUT2D eigenvalue weighted by atomic mass is 10.1. The maximum Gasteiger partial charge on any atom is 0.287 e. The predicted octanol–water partition coefficient (Wildman–Crippen LogP) is 2.57. The number of hydrogen-bond donors (Lipinski definition) is 1. The van der Waals surface area contributed by atoms with E-state index in [2.05, 4.69) is 27.2 Å². The summed E-state index contributed by atoms with van der Waals surface area (Å²) in [5.74, 6) is 2.58. The largest absolute Gasteiger partial charge is 0.444 e. The fourth-order valence-electron chi connectivity index (χ4n) is 1.13. The normalized spacial score (nSPS) is 11.8. The van der Waals surface area contributed by atoms with Gasteiger partial charge in [-0.15, -0.1) is 12.3 Å². The molecule has 0 spiro atoms. The summed E-state index contributed by atoms with van der Waals surface area (Å²) < 4.78 is 5.66. The van der Waals surface area contributed by atoms with Gasteiger partial charge < -0.3 is 9.73 Å². The number of nitrogens with one attached hydrogen (secondary N) is 1. The fourth-order valence-corrected chi connectivity index (χ4v) is 1.44. The number of carbonyl (C=O) groups is 1. The Labute approximate surface area is 97.4 Å². The van der Waals surface area contributed by atoms with Crippen LogP contribution in [0, 0.1) is 12.3 Å². The molecular weight excluding hydrogens is 258 g/mol. The molecule has 1 heterocycles. The molecule has 15 heavy (non-hydrogen) atoms. The molecule has 0 radical (unpaired) electrons. The Balaban J connectivity index is 2.59. The van der Waals surface area contributed by atoms with E-state index in [4.69, 9.17) is 10.8 Å². The van der Waals surface area contributed by atoms with Gasteiger partial charge in [0.15, 0.2) is 10.4 Å². The summed E-state index contributed by atoms with van der Waals surface area (Å²) in [6.45, 7) is 1.97. The Kier molecular flexibility index (Phi) is 4.44. The molecule has 0 saturated carbocycles. The zero-order valence-corrected chi connectivity index (χ0v) is 10.0. The van der Waals surface area contributed by atoms with Gasteiger partial charge in [-0.25, -0.2) is 0 Å². The van der Waals surface area contributed by atoms with Crippen molar-refractivity contribution in [2.24, 2.45) is 0 Å². The van der Waals surface area contributed by atoms with Crippen molar-refractivity contribution in [2.75, 3.05) is 0 Å². The van der Waals surface area contributed by atoms with Crippen LogP contribution in [0.1, 0.15) is 30.3 Å². The van der Waals surface area contributed by atoms with Crippen molar-refractivity contribution in [3.8, 4) is 12.3 Å². The molecule has 0 aromatic carbocycles. The number of halogens is 1. The van der Waals surface area contributed by atoms with Crippen LogP contribution in [0.2, 0.25) is 0 Å². The Morgan fingerprint density at radius 3 is 2.93 bits per heavy atom. The van der Waals surface area contributed by atoms with Crippen molar-refractivity contribution in [3.05, 3.63) is 22.6 Å². The highest BCUT2D eigenvalue weighted by Gasteiger charge is 2.14. The smallest absolute Gasteiger partial charge is 0.287 e. The molecule has 3 nitrogen and oxygen atoms in total. The van der Waals surface area contributed by atoms with Crippen LogP contribution in [0.15, 0.2) is 21.2 Å². The van der Waals surface area contributed by atoms with Crippen LogP contribution in [0.4, 0.5) is 0 Å². The molecule has 1 unspecified atom stereocenters. The van der Waals surface area contributed by atoms with Gasteiger partial charge in [0.1, 0.15) is 0 Å². The number of hydrogen-bond acceptors (Lipinski definition) is 2. The van der Waals surface area contributed by atoms with Crippen LogP contribution in [-0.2, 0) is 0 Å². The van der Waals surface area contributed by atoms with Gasteiger partial charge in [-0.1, -0.05) is 6.92 Å². The molecule has 4 heteroatoms. The topological polar surface area (TPSA) is 42.2 Å². The molecular formula is C11H12BrNO2. The third-order valence-corrected chi connectivity index (χ3v) is 2.42. The Hall–Kier alpha value is -1.21. The maximum atomic E-state index is 11.6. The molecule has 1 rings (SSSR count). The summed E-state index contributed by atoms with van der Waals surface area (Å²) in [7, 11) is 0. The number of rotatable bonds is 4. The molecule has 1 atom stereocenters. The maximum absolute atomic E-state index is 11.6. The molecule has 1 amide bonds. The first kappa shape index (κ1) is 11.9. The SMILES string of the molecule is C#CCC(CC)NC(=O)c1ccc(Br)o1. The third-order valence-electron chi connectivity index (χ3n) is 1.99. The Morgan fingerprint density at radius 2 is 2.47 bits per heavy atom. The van der Waals surface area contributed by atoms with Crippen LogP contribution < -0.4 is 5.32 Å². The van der Waals surface area contributed by atoms with Gasteiger partial charge in [-0.2, -0.15) is 0 Å². The van der Waals surface area contributed by atoms with E-state index in [1.807, 2.05) is 6.92 Å². The van der Waals surface area contributed by atoms with E-state index in [9.17, 15) is 4.79 Å². The fraction of sp³-hybridized carbons (Fsp3) is 0.364. The van der Waals surface area contributed by atoms with E-state index in [0.717, 1.165) is 6.42 Å². The summed E-state index contributed by atoms with van der Waals surface area (Å²) in [6, 6.07) is 3.30. The van der Waals surface area contributed by atoms with Crippen molar-refractivity contribution >= 4 is 21.8 Å². The van der Waals surface area contributed by atoms with Crippen LogP contribution in [0.3, 0.4) is 0 Å². The lowest BCUT2D eigenvalue weighted by molar-refractivity contribution is 0.0907. The van der Waals surface area contributed by atoms with Gasteiger partial charge in [0.05, 0.1) is 0 Å². The summed E-state index contributed by atoms with van der Waals surface area (Å²) in [6.07, 6.45) is 6.53. The van der Waals surface area contributed by atoms with E-state index in [1.54, 1.807) is 12.1 Å². The number of furan rings is 1. The minimum atomic E-state index is -0.234. The summed E-state index contributed by atoms with van der Waals surface area (Å²) >= 11 is 3.14. The molecule has 0 saturated heterocycles. The Morgan fingerprint density at radius 1 is 1.73 bits per heavy atom. The zero-order chi connectivity index (χ0) is 11.3. The lowest BCUT2D eigenvalue weighted by Gasteiger charge is -2.12. The highest BCUT2D eigenvalue weighted by atomic mass is 79.9. The third kappa shape index (κ3) is 3.45. The van der Waals surface area contributed by atoms with Crippen LogP contribution in [-0.4, -0.2) is 11.9 Å². The second kappa shape index (κ2) is 5.62. The van der Waals surface area contributed by atoms with Crippen molar-refractivity contribution in [1.29, 1.82) is 0 Å². The molecule has 0 bridgehead atoms. The van der Waals surface area contributed by atoms with E-state index in [1.165, 1.54) is 0 Å². The average molecular weight is 270 g/mol. The summed E-state index contributed by atoms with van der Waals surface area (Å²) in [5.41, 5.74) is 0. The molecule has 0 fully saturated rings. The van der Waals surface area contributed by atoms with E-state index < -0.39 is 0 Å². The first-order chi connectivity index (χ1) is 7.17. The van der Waals surface area contributed by atoms with Crippen molar-refractivity contribution in [2.45, 2.75) is 25.8 Å². The van der Waals surface area contributed by atoms with E-state index in [-0.39, 0.29) is 17.7 Å².